The molecule has 1 aromatic rings. The molecule has 0 atom stereocenters. The molecule has 8 nitrogen and oxygen atoms in total. The van der Waals surface area contributed by atoms with Crippen LogP contribution in [-0.4, -0.2) is 80.1 Å². The van der Waals surface area contributed by atoms with E-state index in [9.17, 15) is 14.4 Å². The van der Waals surface area contributed by atoms with Gasteiger partial charge in [0.15, 0.2) is 0 Å². The summed E-state index contributed by atoms with van der Waals surface area (Å²) in [6, 6.07) is 7.03. The van der Waals surface area contributed by atoms with Gasteiger partial charge in [-0.1, -0.05) is 0 Å². The minimum Gasteiger partial charge on any atom is -0.490 e. The van der Waals surface area contributed by atoms with Crippen molar-refractivity contribution >= 4 is 17.7 Å². The first-order chi connectivity index (χ1) is 13.6. The number of nitrogens with one attached hydrogen (secondary N) is 1. The zero-order valence-corrected chi connectivity index (χ0v) is 16.2. The molecule has 1 N–H and O–H groups in total. The number of methoxy groups -OCH3 is 1. The standard InChI is InChI=1S/C20H27N3O5/c1-27-13-8-19(25)22-10-6-17(7-11-22)28-16-4-2-15(3-5-16)20(26)23-12-9-21-18(24)14-23/h2-5,17H,6-14H2,1H3,(H,21,24). The molecular weight excluding hydrogens is 362 g/mol. The van der Waals surface area contributed by atoms with Crippen molar-refractivity contribution in [3.63, 3.8) is 0 Å². The maximum absolute atomic E-state index is 12.5. The topological polar surface area (TPSA) is 88.2 Å². The van der Waals surface area contributed by atoms with E-state index in [1.165, 1.54) is 0 Å². The van der Waals surface area contributed by atoms with E-state index in [1.54, 1.807) is 36.3 Å². The number of hydrogen-bond acceptors (Lipinski definition) is 5. The quantitative estimate of drug-likeness (QED) is 0.772. The third-order valence-electron chi connectivity index (χ3n) is 5.04. The summed E-state index contributed by atoms with van der Waals surface area (Å²) in [6.45, 7) is 2.91. The summed E-state index contributed by atoms with van der Waals surface area (Å²) in [6.07, 6.45) is 2.03. The van der Waals surface area contributed by atoms with Crippen molar-refractivity contribution in [2.45, 2.75) is 25.4 Å². The maximum atomic E-state index is 12.5. The van der Waals surface area contributed by atoms with Crippen LogP contribution in [0.2, 0.25) is 0 Å². The second-order valence-corrected chi connectivity index (χ2v) is 7.04. The van der Waals surface area contributed by atoms with Gasteiger partial charge in [0.1, 0.15) is 11.9 Å². The van der Waals surface area contributed by atoms with Gasteiger partial charge in [0, 0.05) is 51.7 Å². The van der Waals surface area contributed by atoms with Gasteiger partial charge in [0.2, 0.25) is 11.8 Å². The Hall–Kier alpha value is -2.61. The lowest BCUT2D eigenvalue weighted by Gasteiger charge is -2.32. The summed E-state index contributed by atoms with van der Waals surface area (Å²) in [5.74, 6) is 0.544. The van der Waals surface area contributed by atoms with Crippen LogP contribution in [0.4, 0.5) is 0 Å². The predicted molar refractivity (Wildman–Crippen MR) is 102 cm³/mol. The van der Waals surface area contributed by atoms with Crippen LogP contribution in [0.3, 0.4) is 0 Å². The smallest absolute Gasteiger partial charge is 0.254 e. The van der Waals surface area contributed by atoms with Crippen LogP contribution < -0.4 is 10.1 Å². The number of likely N-dealkylation sites (tertiary alicyclic amines) is 1. The molecule has 3 rings (SSSR count). The third kappa shape index (κ3) is 5.22. The van der Waals surface area contributed by atoms with E-state index in [0.717, 1.165) is 12.8 Å². The van der Waals surface area contributed by atoms with Gasteiger partial charge in [-0.05, 0) is 24.3 Å². The van der Waals surface area contributed by atoms with Gasteiger partial charge in [-0.15, -0.1) is 0 Å². The van der Waals surface area contributed by atoms with E-state index >= 15 is 0 Å². The molecule has 2 saturated heterocycles. The fourth-order valence-electron chi connectivity index (χ4n) is 3.43. The number of ether oxygens (including phenoxy) is 2. The predicted octanol–water partition coefficient (Wildman–Crippen LogP) is 0.665. The molecule has 3 amide bonds. The van der Waals surface area contributed by atoms with E-state index in [4.69, 9.17) is 9.47 Å². The van der Waals surface area contributed by atoms with Crippen molar-refractivity contribution < 1.29 is 23.9 Å². The monoisotopic (exact) mass is 389 g/mol. The van der Waals surface area contributed by atoms with Crippen molar-refractivity contribution in [2.24, 2.45) is 0 Å². The van der Waals surface area contributed by atoms with Crippen LogP contribution in [-0.2, 0) is 14.3 Å². The van der Waals surface area contributed by atoms with Crippen LogP contribution in [0, 0.1) is 0 Å². The molecule has 2 aliphatic rings. The normalized spacial score (nSPS) is 18.0. The van der Waals surface area contributed by atoms with E-state index in [1.807, 2.05) is 4.90 Å². The Bertz CT molecular complexity index is 698. The molecule has 2 aliphatic heterocycles. The fraction of sp³-hybridized carbons (Fsp3) is 0.550. The number of piperazine rings is 1. The van der Waals surface area contributed by atoms with Gasteiger partial charge in [0.05, 0.1) is 19.6 Å². The lowest BCUT2D eigenvalue weighted by Crippen LogP contribution is -2.49. The molecule has 152 valence electrons. The molecule has 0 saturated carbocycles. The highest BCUT2D eigenvalue weighted by atomic mass is 16.5. The molecule has 0 aromatic heterocycles. The van der Waals surface area contributed by atoms with Gasteiger partial charge in [-0.3, -0.25) is 14.4 Å². The summed E-state index contributed by atoms with van der Waals surface area (Å²) in [5.41, 5.74) is 0.542. The van der Waals surface area contributed by atoms with Gasteiger partial charge < -0.3 is 24.6 Å². The Morgan fingerprint density at radius 3 is 2.46 bits per heavy atom. The molecule has 8 heteroatoms. The lowest BCUT2D eigenvalue weighted by atomic mass is 10.1. The van der Waals surface area contributed by atoms with Gasteiger partial charge in [-0.2, -0.15) is 0 Å². The Morgan fingerprint density at radius 2 is 1.82 bits per heavy atom. The summed E-state index contributed by atoms with van der Waals surface area (Å²) < 4.78 is 11.0. The molecule has 2 heterocycles. The largest absolute Gasteiger partial charge is 0.490 e. The molecule has 0 radical (unpaired) electrons. The summed E-state index contributed by atoms with van der Waals surface area (Å²) in [7, 11) is 1.59. The molecule has 0 aliphatic carbocycles. The minimum absolute atomic E-state index is 0.0545. The molecule has 2 fully saturated rings. The number of benzene rings is 1. The minimum atomic E-state index is -0.149. The number of rotatable bonds is 6. The number of piperidine rings is 1. The lowest BCUT2D eigenvalue weighted by molar-refractivity contribution is -0.134. The molecule has 0 unspecified atom stereocenters. The first-order valence-corrected chi connectivity index (χ1v) is 9.66. The average molecular weight is 389 g/mol. The van der Waals surface area contributed by atoms with E-state index in [2.05, 4.69) is 5.32 Å². The SMILES string of the molecule is COCCC(=O)N1CCC(Oc2ccc(C(=O)N3CCNC(=O)C3)cc2)CC1. The molecule has 0 spiro atoms. The first kappa shape index (κ1) is 20.1. The first-order valence-electron chi connectivity index (χ1n) is 9.66. The summed E-state index contributed by atoms with van der Waals surface area (Å²) >= 11 is 0. The summed E-state index contributed by atoms with van der Waals surface area (Å²) in [4.78, 5) is 39.3. The molecular formula is C20H27N3O5. The van der Waals surface area contributed by atoms with Crippen molar-refractivity contribution in [3.8, 4) is 5.75 Å². The fourth-order valence-corrected chi connectivity index (χ4v) is 3.43. The van der Waals surface area contributed by atoms with Crippen molar-refractivity contribution in [3.05, 3.63) is 29.8 Å². The molecule has 0 bridgehead atoms. The van der Waals surface area contributed by atoms with E-state index in [0.29, 0.717) is 50.5 Å². The van der Waals surface area contributed by atoms with E-state index in [-0.39, 0.29) is 30.4 Å². The van der Waals surface area contributed by atoms with Crippen molar-refractivity contribution in [2.75, 3.05) is 46.4 Å². The highest BCUT2D eigenvalue weighted by Gasteiger charge is 2.24. The Labute approximate surface area is 164 Å². The van der Waals surface area contributed by atoms with Crippen LogP contribution >= 0.6 is 0 Å². The number of nitrogens with zero attached hydrogens (tertiary/aromatic N) is 2. The Balaban J connectivity index is 1.48. The second-order valence-electron chi connectivity index (χ2n) is 7.04. The van der Waals surface area contributed by atoms with Gasteiger partial charge in [-0.25, -0.2) is 0 Å². The zero-order valence-electron chi connectivity index (χ0n) is 16.2. The van der Waals surface area contributed by atoms with Gasteiger partial charge in [0.25, 0.3) is 5.91 Å². The molecule has 1 aromatic carbocycles. The summed E-state index contributed by atoms with van der Waals surface area (Å²) in [5, 5.41) is 2.71. The van der Waals surface area contributed by atoms with E-state index < -0.39 is 0 Å². The Kier molecular flexibility index (Phi) is 6.86. The van der Waals surface area contributed by atoms with Crippen LogP contribution in [0.5, 0.6) is 5.75 Å². The molecule has 28 heavy (non-hydrogen) atoms. The highest BCUT2D eigenvalue weighted by Crippen LogP contribution is 2.20. The highest BCUT2D eigenvalue weighted by molar-refractivity contribution is 5.97. The van der Waals surface area contributed by atoms with Crippen molar-refractivity contribution in [1.82, 2.24) is 15.1 Å². The third-order valence-corrected chi connectivity index (χ3v) is 5.04. The second kappa shape index (κ2) is 9.54. The zero-order chi connectivity index (χ0) is 19.9. The number of carbonyl (C=O) groups is 3. The van der Waals surface area contributed by atoms with Crippen molar-refractivity contribution in [1.29, 1.82) is 0 Å². The average Bonchev–Trinajstić information content (AvgIpc) is 2.72. The number of hydrogen-bond donors (Lipinski definition) is 1. The Morgan fingerprint density at radius 1 is 1.11 bits per heavy atom. The van der Waals surface area contributed by atoms with Crippen LogP contribution in [0.15, 0.2) is 24.3 Å². The van der Waals surface area contributed by atoms with Crippen LogP contribution in [0.1, 0.15) is 29.6 Å². The number of amides is 3. The number of carbonyl (C=O) groups excluding carboxylic acids is 3. The van der Waals surface area contributed by atoms with Crippen LogP contribution in [0.25, 0.3) is 0 Å². The maximum Gasteiger partial charge on any atom is 0.254 e. The van der Waals surface area contributed by atoms with Gasteiger partial charge >= 0.3 is 0 Å².